The van der Waals surface area contributed by atoms with Gasteiger partial charge in [0.2, 0.25) is 0 Å². The Morgan fingerprint density at radius 2 is 1.88 bits per heavy atom. The molecule has 0 bridgehead atoms. The summed E-state index contributed by atoms with van der Waals surface area (Å²) in [6.07, 6.45) is -5.39. The Balaban J connectivity index is 1.90. The number of ether oxygens (including phenoxy) is 2. The van der Waals surface area contributed by atoms with E-state index in [1.165, 1.54) is 25.1 Å². The summed E-state index contributed by atoms with van der Waals surface area (Å²) in [5, 5.41) is 0. The van der Waals surface area contributed by atoms with Gasteiger partial charge in [-0.2, -0.15) is 13.2 Å². The number of halogens is 3. The van der Waals surface area contributed by atoms with Crippen molar-refractivity contribution in [3.05, 3.63) is 59.7 Å². The second-order valence-corrected chi connectivity index (χ2v) is 5.46. The molecule has 0 unspecified atom stereocenters. The number of nitrogens with one attached hydrogen (secondary N) is 2. The number of hydrogen-bond donors (Lipinski definition) is 2. The first kappa shape index (κ1) is 19.6. The van der Waals surface area contributed by atoms with Crippen LogP contribution in [0.25, 0.3) is 0 Å². The molecule has 0 aromatic heterocycles. The van der Waals surface area contributed by atoms with E-state index in [0.717, 1.165) is 11.6 Å². The third-order valence-corrected chi connectivity index (χ3v) is 3.56. The molecule has 140 valence electrons. The number of carbonyl (C=O) groups is 1. The number of anilines is 1. The molecule has 0 radical (unpaired) electrons. The Bertz CT molecular complexity index is 750. The molecule has 1 atom stereocenters. The van der Waals surface area contributed by atoms with Gasteiger partial charge < -0.3 is 9.47 Å². The third kappa shape index (κ3) is 5.38. The summed E-state index contributed by atoms with van der Waals surface area (Å²) in [4.78, 5) is 12.0. The van der Waals surface area contributed by atoms with Crippen molar-refractivity contribution >= 4 is 11.6 Å². The first-order chi connectivity index (χ1) is 12.3. The van der Waals surface area contributed by atoms with E-state index in [0.29, 0.717) is 5.75 Å². The topological polar surface area (TPSA) is 59.6 Å². The van der Waals surface area contributed by atoms with Gasteiger partial charge in [-0.15, -0.1) is 0 Å². The van der Waals surface area contributed by atoms with E-state index in [1.54, 1.807) is 25.3 Å². The van der Waals surface area contributed by atoms with Crippen LogP contribution in [-0.4, -0.2) is 19.1 Å². The Morgan fingerprint density at radius 1 is 1.15 bits per heavy atom. The van der Waals surface area contributed by atoms with Gasteiger partial charge in [0.15, 0.2) is 0 Å². The fourth-order valence-corrected chi connectivity index (χ4v) is 2.13. The van der Waals surface area contributed by atoms with Crippen molar-refractivity contribution in [1.29, 1.82) is 0 Å². The van der Waals surface area contributed by atoms with Gasteiger partial charge in [-0.05, 0) is 36.8 Å². The zero-order valence-electron chi connectivity index (χ0n) is 14.3. The standard InChI is InChI=1S/C18H19F3N2O3/c1-12(26-11-13-6-5-7-14(10-13)25-2)17(24)23-22-16-9-4-3-8-15(16)18(19,20)21/h3-10,12,22H,11H2,1-2H3,(H,23,24)/t12-/m1/s1. The van der Waals surface area contributed by atoms with Crippen LogP contribution in [0.15, 0.2) is 48.5 Å². The molecule has 2 rings (SSSR count). The van der Waals surface area contributed by atoms with Crippen LogP contribution in [0.2, 0.25) is 0 Å². The third-order valence-electron chi connectivity index (χ3n) is 3.56. The van der Waals surface area contributed by atoms with Gasteiger partial charge in [0.25, 0.3) is 5.91 Å². The van der Waals surface area contributed by atoms with Crippen LogP contribution in [-0.2, 0) is 22.3 Å². The molecular weight excluding hydrogens is 349 g/mol. The van der Waals surface area contributed by atoms with Crippen LogP contribution < -0.4 is 15.6 Å². The van der Waals surface area contributed by atoms with E-state index in [9.17, 15) is 18.0 Å². The molecule has 0 saturated heterocycles. The molecule has 5 nitrogen and oxygen atoms in total. The van der Waals surface area contributed by atoms with E-state index < -0.39 is 23.8 Å². The van der Waals surface area contributed by atoms with Crippen molar-refractivity contribution in [2.45, 2.75) is 25.8 Å². The van der Waals surface area contributed by atoms with Crippen molar-refractivity contribution < 1.29 is 27.4 Å². The fourth-order valence-electron chi connectivity index (χ4n) is 2.13. The normalized spacial score (nSPS) is 12.3. The predicted molar refractivity (Wildman–Crippen MR) is 90.5 cm³/mol. The van der Waals surface area contributed by atoms with Gasteiger partial charge in [-0.25, -0.2) is 0 Å². The fraction of sp³-hybridized carbons (Fsp3) is 0.278. The van der Waals surface area contributed by atoms with E-state index in [4.69, 9.17) is 9.47 Å². The average molecular weight is 368 g/mol. The van der Waals surface area contributed by atoms with Crippen LogP contribution >= 0.6 is 0 Å². The number of para-hydroxylation sites is 1. The molecule has 26 heavy (non-hydrogen) atoms. The van der Waals surface area contributed by atoms with Gasteiger partial charge in [0.1, 0.15) is 11.9 Å². The van der Waals surface area contributed by atoms with Gasteiger partial charge >= 0.3 is 6.18 Å². The molecule has 8 heteroatoms. The lowest BCUT2D eigenvalue weighted by atomic mass is 10.2. The van der Waals surface area contributed by atoms with Crippen LogP contribution in [0.1, 0.15) is 18.1 Å². The first-order valence-corrected chi connectivity index (χ1v) is 7.78. The van der Waals surface area contributed by atoms with E-state index >= 15 is 0 Å². The van der Waals surface area contributed by atoms with Crippen molar-refractivity contribution in [2.75, 3.05) is 12.5 Å². The van der Waals surface area contributed by atoms with Crippen LogP contribution in [0.4, 0.5) is 18.9 Å². The molecule has 0 aliphatic rings. The molecule has 2 N–H and O–H groups in total. The maximum atomic E-state index is 12.9. The number of alkyl halides is 3. The van der Waals surface area contributed by atoms with Crippen molar-refractivity contribution in [1.82, 2.24) is 5.43 Å². The Morgan fingerprint density at radius 3 is 2.58 bits per heavy atom. The van der Waals surface area contributed by atoms with Crippen molar-refractivity contribution in [2.24, 2.45) is 0 Å². The highest BCUT2D eigenvalue weighted by Crippen LogP contribution is 2.34. The molecule has 2 aromatic rings. The predicted octanol–water partition coefficient (Wildman–Crippen LogP) is 3.76. The molecule has 0 fully saturated rings. The number of carbonyl (C=O) groups excluding carboxylic acids is 1. The highest BCUT2D eigenvalue weighted by molar-refractivity contribution is 5.81. The smallest absolute Gasteiger partial charge is 0.418 e. The number of amides is 1. The summed E-state index contributed by atoms with van der Waals surface area (Å²) in [5.74, 6) is 0.0681. The molecule has 0 spiro atoms. The second-order valence-electron chi connectivity index (χ2n) is 5.46. The lowest BCUT2D eigenvalue weighted by molar-refractivity contribution is -0.137. The van der Waals surface area contributed by atoms with Gasteiger partial charge in [-0.3, -0.25) is 15.6 Å². The zero-order valence-corrected chi connectivity index (χ0v) is 14.3. The minimum absolute atomic E-state index is 0.158. The second kappa shape index (κ2) is 8.57. The molecule has 0 aliphatic carbocycles. The lowest BCUT2D eigenvalue weighted by Crippen LogP contribution is -2.38. The zero-order chi connectivity index (χ0) is 19.2. The van der Waals surface area contributed by atoms with Crippen LogP contribution in [0.5, 0.6) is 5.75 Å². The molecule has 0 saturated carbocycles. The summed E-state index contributed by atoms with van der Waals surface area (Å²) in [6, 6.07) is 12.0. The Hall–Kier alpha value is -2.74. The lowest BCUT2D eigenvalue weighted by Gasteiger charge is -2.17. The number of methoxy groups -OCH3 is 1. The van der Waals surface area contributed by atoms with E-state index in [2.05, 4.69) is 10.9 Å². The minimum Gasteiger partial charge on any atom is -0.497 e. The number of hydrogen-bond acceptors (Lipinski definition) is 4. The van der Waals surface area contributed by atoms with Crippen LogP contribution in [0.3, 0.4) is 0 Å². The van der Waals surface area contributed by atoms with Gasteiger partial charge in [-0.1, -0.05) is 24.3 Å². The quantitative estimate of drug-likeness (QED) is 0.731. The van der Waals surface area contributed by atoms with Crippen molar-refractivity contribution in [3.63, 3.8) is 0 Å². The average Bonchev–Trinajstić information content (AvgIpc) is 2.63. The SMILES string of the molecule is COc1cccc(CO[C@H](C)C(=O)NNc2ccccc2C(F)(F)F)c1. The monoisotopic (exact) mass is 368 g/mol. The molecule has 2 aromatic carbocycles. The molecule has 1 amide bonds. The molecule has 0 heterocycles. The van der Waals surface area contributed by atoms with Gasteiger partial charge in [0, 0.05) is 0 Å². The summed E-state index contributed by atoms with van der Waals surface area (Å²) in [5.41, 5.74) is 4.22. The maximum absolute atomic E-state index is 12.9. The highest BCUT2D eigenvalue weighted by atomic mass is 19.4. The molecule has 0 aliphatic heterocycles. The number of benzene rings is 2. The van der Waals surface area contributed by atoms with E-state index in [1.807, 2.05) is 6.07 Å². The summed E-state index contributed by atoms with van der Waals surface area (Å²) >= 11 is 0. The van der Waals surface area contributed by atoms with Crippen molar-refractivity contribution in [3.8, 4) is 5.75 Å². The molecular formula is C18H19F3N2O3. The maximum Gasteiger partial charge on any atom is 0.418 e. The summed E-state index contributed by atoms with van der Waals surface area (Å²) in [6.45, 7) is 1.66. The highest BCUT2D eigenvalue weighted by Gasteiger charge is 2.33. The summed E-state index contributed by atoms with van der Waals surface area (Å²) in [7, 11) is 1.54. The first-order valence-electron chi connectivity index (χ1n) is 7.78. The summed E-state index contributed by atoms with van der Waals surface area (Å²) < 4.78 is 49.3. The Labute approximate surface area is 149 Å². The minimum atomic E-state index is -4.52. The van der Waals surface area contributed by atoms with Crippen LogP contribution in [0, 0.1) is 0 Å². The van der Waals surface area contributed by atoms with Gasteiger partial charge in [0.05, 0.1) is 25.0 Å². The van der Waals surface area contributed by atoms with E-state index in [-0.39, 0.29) is 12.3 Å². The largest absolute Gasteiger partial charge is 0.497 e. The Kier molecular flexibility index (Phi) is 6.46. The number of hydrazine groups is 1. The number of rotatable bonds is 7.